The number of esters is 1. The Bertz CT molecular complexity index is 622. The molecule has 1 unspecified atom stereocenters. The minimum Gasteiger partial charge on any atom is -0.462 e. The van der Waals surface area contributed by atoms with Gasteiger partial charge in [-0.2, -0.15) is 0 Å². The van der Waals surface area contributed by atoms with Crippen LogP contribution in [0.2, 0.25) is 0 Å². The molecule has 7 nitrogen and oxygen atoms in total. The maximum atomic E-state index is 12.3. The Balaban J connectivity index is 1.55. The summed E-state index contributed by atoms with van der Waals surface area (Å²) in [5, 5.41) is 0. The van der Waals surface area contributed by atoms with Gasteiger partial charge in [0.1, 0.15) is 6.10 Å². The van der Waals surface area contributed by atoms with Crippen LogP contribution in [0.4, 0.5) is 4.79 Å². The van der Waals surface area contributed by atoms with Crippen LogP contribution in [0.5, 0.6) is 0 Å². The fraction of sp³-hybridized carbons (Fsp3) is 0.750. The SMILES string of the molecule is C#CC1C[C@H]2[C@@H](OC(=O)CCC(=O)N3CCCC3)CCC[C@H]2N1C(=O)OC. The van der Waals surface area contributed by atoms with Gasteiger partial charge in [0.25, 0.3) is 0 Å². The molecule has 1 saturated carbocycles. The highest BCUT2D eigenvalue weighted by molar-refractivity contribution is 5.81. The first-order valence-corrected chi connectivity index (χ1v) is 9.84. The zero-order chi connectivity index (χ0) is 19.4. The number of carbonyl (C=O) groups excluding carboxylic acids is 3. The van der Waals surface area contributed by atoms with Crippen LogP contribution in [-0.2, 0) is 19.1 Å². The number of methoxy groups -OCH3 is 1. The highest BCUT2D eigenvalue weighted by Gasteiger charge is 2.49. The van der Waals surface area contributed by atoms with E-state index in [0.29, 0.717) is 6.42 Å². The molecule has 0 aromatic rings. The number of carbonyl (C=O) groups is 3. The molecule has 3 aliphatic rings. The molecule has 3 fully saturated rings. The largest absolute Gasteiger partial charge is 0.462 e. The van der Waals surface area contributed by atoms with Gasteiger partial charge in [0.15, 0.2) is 0 Å². The fourth-order valence-electron chi connectivity index (χ4n) is 4.68. The number of rotatable bonds is 4. The minimum absolute atomic E-state index is 0.0242. The maximum absolute atomic E-state index is 12.3. The van der Waals surface area contributed by atoms with Crippen molar-refractivity contribution < 1.29 is 23.9 Å². The van der Waals surface area contributed by atoms with Gasteiger partial charge in [-0.05, 0) is 38.5 Å². The lowest BCUT2D eigenvalue weighted by molar-refractivity contribution is -0.155. The van der Waals surface area contributed by atoms with E-state index in [1.165, 1.54) is 7.11 Å². The molecular weight excluding hydrogens is 348 g/mol. The molecule has 1 aliphatic carbocycles. The second-order valence-electron chi connectivity index (χ2n) is 7.57. The molecular formula is C20H28N2O5. The van der Waals surface area contributed by atoms with Crippen LogP contribution >= 0.6 is 0 Å². The summed E-state index contributed by atoms with van der Waals surface area (Å²) in [4.78, 5) is 40.0. The van der Waals surface area contributed by atoms with Crippen LogP contribution in [0.15, 0.2) is 0 Å². The van der Waals surface area contributed by atoms with E-state index >= 15 is 0 Å². The van der Waals surface area contributed by atoms with Gasteiger partial charge in [-0.15, -0.1) is 6.42 Å². The molecule has 3 rings (SSSR count). The lowest BCUT2D eigenvalue weighted by atomic mass is 9.82. The average Bonchev–Trinajstić information content (AvgIpc) is 3.33. The zero-order valence-corrected chi connectivity index (χ0v) is 15.9. The Kier molecular flexibility index (Phi) is 6.25. The molecule has 148 valence electrons. The van der Waals surface area contributed by atoms with Crippen LogP contribution in [0.3, 0.4) is 0 Å². The van der Waals surface area contributed by atoms with E-state index in [1.54, 1.807) is 4.90 Å². The minimum atomic E-state index is -0.423. The molecule has 2 aliphatic heterocycles. The molecule has 0 aromatic carbocycles. The van der Waals surface area contributed by atoms with E-state index in [4.69, 9.17) is 15.9 Å². The first-order valence-electron chi connectivity index (χ1n) is 9.84. The predicted molar refractivity (Wildman–Crippen MR) is 97.5 cm³/mol. The number of amides is 2. The average molecular weight is 376 g/mol. The molecule has 0 spiro atoms. The molecule has 4 atom stereocenters. The third kappa shape index (κ3) is 4.20. The lowest BCUT2D eigenvalue weighted by Crippen LogP contribution is -2.46. The van der Waals surface area contributed by atoms with Crippen LogP contribution in [0, 0.1) is 18.3 Å². The second-order valence-corrected chi connectivity index (χ2v) is 7.57. The van der Waals surface area contributed by atoms with E-state index in [1.807, 2.05) is 4.90 Å². The van der Waals surface area contributed by atoms with E-state index < -0.39 is 6.09 Å². The van der Waals surface area contributed by atoms with Crippen LogP contribution in [0.1, 0.15) is 51.4 Å². The number of terminal acetylenes is 1. The Morgan fingerprint density at radius 3 is 2.52 bits per heavy atom. The van der Waals surface area contributed by atoms with E-state index in [2.05, 4.69) is 5.92 Å². The van der Waals surface area contributed by atoms with Crippen molar-refractivity contribution in [3.8, 4) is 12.3 Å². The number of hydrogen-bond acceptors (Lipinski definition) is 5. The van der Waals surface area contributed by atoms with Gasteiger partial charge in [0, 0.05) is 31.5 Å². The molecule has 0 bridgehead atoms. The summed E-state index contributed by atoms with van der Waals surface area (Å²) in [7, 11) is 1.35. The van der Waals surface area contributed by atoms with Crippen molar-refractivity contribution in [1.29, 1.82) is 0 Å². The fourth-order valence-corrected chi connectivity index (χ4v) is 4.68. The van der Waals surface area contributed by atoms with Crippen molar-refractivity contribution in [2.45, 2.75) is 69.6 Å². The third-order valence-electron chi connectivity index (χ3n) is 6.01. The molecule has 27 heavy (non-hydrogen) atoms. The molecule has 2 amide bonds. The Morgan fingerprint density at radius 1 is 1.11 bits per heavy atom. The number of nitrogens with zero attached hydrogens (tertiary/aromatic N) is 2. The summed E-state index contributed by atoms with van der Waals surface area (Å²) >= 11 is 0. The van der Waals surface area contributed by atoms with Gasteiger partial charge in [-0.3, -0.25) is 14.5 Å². The number of likely N-dealkylation sites (tertiary alicyclic amines) is 2. The molecule has 2 saturated heterocycles. The number of ether oxygens (including phenoxy) is 2. The van der Waals surface area contributed by atoms with Crippen LogP contribution in [-0.4, -0.2) is 66.2 Å². The number of hydrogen-bond donors (Lipinski definition) is 0. The first kappa shape index (κ1) is 19.5. The standard InChI is InChI=1S/C20H28N2O5/c1-3-14-13-15-16(22(14)20(25)26-2)7-6-8-17(15)27-19(24)10-9-18(23)21-11-4-5-12-21/h1,14-17H,4-13H2,2H3/t14?,15-,16-,17+/m1/s1. The number of fused-ring (bicyclic) bond motifs is 1. The Morgan fingerprint density at radius 2 is 1.85 bits per heavy atom. The smallest absolute Gasteiger partial charge is 0.410 e. The predicted octanol–water partition coefficient (Wildman–Crippen LogP) is 1.94. The van der Waals surface area contributed by atoms with Crippen molar-refractivity contribution in [3.05, 3.63) is 0 Å². The van der Waals surface area contributed by atoms with Gasteiger partial charge in [-0.1, -0.05) is 5.92 Å². The topological polar surface area (TPSA) is 76.2 Å². The van der Waals surface area contributed by atoms with Crippen LogP contribution in [0.25, 0.3) is 0 Å². The van der Waals surface area contributed by atoms with E-state index in [9.17, 15) is 14.4 Å². The molecule has 0 N–H and O–H groups in total. The van der Waals surface area contributed by atoms with Crippen molar-refractivity contribution in [1.82, 2.24) is 9.80 Å². The van der Waals surface area contributed by atoms with Crippen molar-refractivity contribution in [2.75, 3.05) is 20.2 Å². The molecule has 0 aromatic heterocycles. The normalized spacial score (nSPS) is 29.8. The van der Waals surface area contributed by atoms with Crippen molar-refractivity contribution in [2.24, 2.45) is 5.92 Å². The second kappa shape index (κ2) is 8.64. The van der Waals surface area contributed by atoms with Gasteiger partial charge >= 0.3 is 12.1 Å². The van der Waals surface area contributed by atoms with Gasteiger partial charge < -0.3 is 14.4 Å². The molecule has 7 heteroatoms. The first-order chi connectivity index (χ1) is 13.0. The molecule has 2 heterocycles. The summed E-state index contributed by atoms with van der Waals surface area (Å²) < 4.78 is 10.6. The highest BCUT2D eigenvalue weighted by atomic mass is 16.5. The van der Waals surface area contributed by atoms with Gasteiger partial charge in [-0.25, -0.2) is 4.79 Å². The molecule has 0 radical (unpaired) electrons. The summed E-state index contributed by atoms with van der Waals surface area (Å²) in [5.74, 6) is 2.37. The highest BCUT2D eigenvalue weighted by Crippen LogP contribution is 2.41. The summed E-state index contributed by atoms with van der Waals surface area (Å²) in [6.07, 6.45) is 10.4. The van der Waals surface area contributed by atoms with Crippen molar-refractivity contribution >= 4 is 18.0 Å². The third-order valence-corrected chi connectivity index (χ3v) is 6.01. The van der Waals surface area contributed by atoms with E-state index in [-0.39, 0.29) is 48.8 Å². The van der Waals surface area contributed by atoms with Crippen molar-refractivity contribution in [3.63, 3.8) is 0 Å². The van der Waals surface area contributed by atoms with Gasteiger partial charge in [0.2, 0.25) is 5.91 Å². The summed E-state index contributed by atoms with van der Waals surface area (Å²) in [6.45, 7) is 1.58. The Labute approximate surface area is 160 Å². The Hall–Kier alpha value is -2.23. The summed E-state index contributed by atoms with van der Waals surface area (Å²) in [5.41, 5.74) is 0. The maximum Gasteiger partial charge on any atom is 0.410 e. The zero-order valence-electron chi connectivity index (χ0n) is 15.9. The van der Waals surface area contributed by atoms with Gasteiger partial charge in [0.05, 0.1) is 19.6 Å². The summed E-state index contributed by atoms with van der Waals surface area (Å²) in [6, 6.07) is -0.389. The van der Waals surface area contributed by atoms with Crippen LogP contribution < -0.4 is 0 Å². The van der Waals surface area contributed by atoms with E-state index in [0.717, 1.165) is 45.2 Å². The lowest BCUT2D eigenvalue weighted by Gasteiger charge is -2.36. The quantitative estimate of drug-likeness (QED) is 0.554. The monoisotopic (exact) mass is 376 g/mol.